The molecular formula is C19H23ClN2O4S. The van der Waals surface area contributed by atoms with Crippen LogP contribution in [0.5, 0.6) is 0 Å². The first-order valence-corrected chi connectivity index (χ1v) is 10.6. The molecule has 146 valence electrons. The van der Waals surface area contributed by atoms with Crippen LogP contribution in [-0.4, -0.2) is 33.7 Å². The maximum atomic E-state index is 12.9. The van der Waals surface area contributed by atoms with Crippen LogP contribution in [0.4, 0.5) is 11.4 Å². The first-order chi connectivity index (χ1) is 12.8. The van der Waals surface area contributed by atoms with E-state index >= 15 is 0 Å². The van der Waals surface area contributed by atoms with Crippen LogP contribution < -0.4 is 9.62 Å². The van der Waals surface area contributed by atoms with E-state index in [9.17, 15) is 13.2 Å². The molecule has 0 unspecified atom stereocenters. The average Bonchev–Trinajstić information content (AvgIpc) is 2.59. The summed E-state index contributed by atoms with van der Waals surface area (Å²) in [4.78, 5) is 12.9. The number of nitrogens with one attached hydrogen (secondary N) is 1. The van der Waals surface area contributed by atoms with Gasteiger partial charge in [0.25, 0.3) is 0 Å². The summed E-state index contributed by atoms with van der Waals surface area (Å²) in [5.74, 6) is -0.419. The Labute approximate surface area is 165 Å². The number of nitrogens with zero attached hydrogens (tertiary/aromatic N) is 1. The Balaban J connectivity index is 2.33. The SMILES string of the molecule is CC[C@H](C(=O)Nc1cccc(COC)c1)N(c1cccc(Cl)c1)S(C)(=O)=O. The number of benzene rings is 2. The van der Waals surface area contributed by atoms with Gasteiger partial charge in [0.05, 0.1) is 18.6 Å². The summed E-state index contributed by atoms with van der Waals surface area (Å²) in [6.45, 7) is 2.17. The van der Waals surface area contributed by atoms with Crippen LogP contribution in [-0.2, 0) is 26.2 Å². The summed E-state index contributed by atoms with van der Waals surface area (Å²) >= 11 is 6.01. The van der Waals surface area contributed by atoms with Gasteiger partial charge in [-0.1, -0.05) is 36.7 Å². The molecule has 0 spiro atoms. The monoisotopic (exact) mass is 410 g/mol. The highest BCUT2D eigenvalue weighted by Gasteiger charge is 2.31. The Morgan fingerprint density at radius 2 is 1.93 bits per heavy atom. The molecule has 6 nitrogen and oxygen atoms in total. The van der Waals surface area contributed by atoms with Crippen molar-refractivity contribution in [1.29, 1.82) is 0 Å². The Kier molecular flexibility index (Phi) is 7.24. The lowest BCUT2D eigenvalue weighted by Crippen LogP contribution is -2.47. The smallest absolute Gasteiger partial charge is 0.248 e. The summed E-state index contributed by atoms with van der Waals surface area (Å²) in [5, 5.41) is 3.19. The molecule has 0 bridgehead atoms. The van der Waals surface area contributed by atoms with Crippen molar-refractivity contribution in [1.82, 2.24) is 0 Å². The Morgan fingerprint density at radius 3 is 2.52 bits per heavy atom. The molecule has 1 atom stereocenters. The fourth-order valence-corrected chi connectivity index (χ4v) is 4.19. The normalized spacial score (nSPS) is 12.4. The van der Waals surface area contributed by atoms with Gasteiger partial charge >= 0.3 is 0 Å². The van der Waals surface area contributed by atoms with Crippen LogP contribution in [0, 0.1) is 0 Å². The van der Waals surface area contributed by atoms with Crippen LogP contribution in [0.1, 0.15) is 18.9 Å². The molecule has 0 saturated carbocycles. The minimum absolute atomic E-state index is 0.295. The van der Waals surface area contributed by atoms with Gasteiger partial charge in [0.15, 0.2) is 0 Å². The van der Waals surface area contributed by atoms with Crippen molar-refractivity contribution in [3.63, 3.8) is 0 Å². The maximum Gasteiger partial charge on any atom is 0.248 e. The topological polar surface area (TPSA) is 75.7 Å². The summed E-state index contributed by atoms with van der Waals surface area (Å²) in [6.07, 6.45) is 1.37. The molecule has 2 aromatic carbocycles. The number of anilines is 2. The van der Waals surface area contributed by atoms with Gasteiger partial charge in [-0.25, -0.2) is 8.42 Å². The molecule has 2 aromatic rings. The number of amides is 1. The number of carbonyl (C=O) groups is 1. The lowest BCUT2D eigenvalue weighted by molar-refractivity contribution is -0.117. The molecular weight excluding hydrogens is 388 g/mol. The standard InChI is InChI=1S/C19H23ClN2O4S/c1-4-18(19(23)21-16-9-5-7-14(11-16)13-26-2)22(27(3,24)25)17-10-6-8-15(20)12-17/h5-12,18H,4,13H2,1-3H3,(H,21,23)/t18-/m1/s1. The zero-order chi connectivity index (χ0) is 20.0. The van der Waals surface area contributed by atoms with E-state index in [-0.39, 0.29) is 0 Å². The molecule has 0 saturated heterocycles. The van der Waals surface area contributed by atoms with E-state index in [1.807, 2.05) is 6.07 Å². The molecule has 8 heteroatoms. The maximum absolute atomic E-state index is 12.9. The number of ether oxygens (including phenoxy) is 1. The van der Waals surface area contributed by atoms with Crippen molar-refractivity contribution in [2.24, 2.45) is 0 Å². The van der Waals surface area contributed by atoms with Crippen LogP contribution >= 0.6 is 11.6 Å². The zero-order valence-corrected chi connectivity index (χ0v) is 17.0. The predicted octanol–water partition coefficient (Wildman–Crippen LogP) is 3.67. The fourth-order valence-electron chi connectivity index (χ4n) is 2.80. The number of sulfonamides is 1. The third-order valence-electron chi connectivity index (χ3n) is 3.90. The molecule has 27 heavy (non-hydrogen) atoms. The van der Waals surface area contributed by atoms with E-state index in [0.717, 1.165) is 16.1 Å². The summed E-state index contributed by atoms with van der Waals surface area (Å²) < 4.78 is 31.1. The van der Waals surface area contributed by atoms with Gasteiger partial charge in [0.1, 0.15) is 6.04 Å². The van der Waals surface area contributed by atoms with Crippen molar-refractivity contribution in [2.75, 3.05) is 23.0 Å². The first kappa shape index (κ1) is 21.2. The molecule has 0 aliphatic carbocycles. The first-order valence-electron chi connectivity index (χ1n) is 8.40. The van der Waals surface area contributed by atoms with Crippen molar-refractivity contribution in [2.45, 2.75) is 26.0 Å². The van der Waals surface area contributed by atoms with Crippen LogP contribution in [0.25, 0.3) is 0 Å². The molecule has 0 fully saturated rings. The van der Waals surface area contributed by atoms with Crippen molar-refractivity contribution < 1.29 is 17.9 Å². The van der Waals surface area contributed by atoms with E-state index in [0.29, 0.717) is 29.4 Å². The highest BCUT2D eigenvalue weighted by Crippen LogP contribution is 2.26. The number of hydrogen-bond acceptors (Lipinski definition) is 4. The summed E-state index contributed by atoms with van der Waals surface area (Å²) in [7, 11) is -2.12. The summed E-state index contributed by atoms with van der Waals surface area (Å²) in [6, 6.07) is 12.7. The minimum Gasteiger partial charge on any atom is -0.380 e. The van der Waals surface area contributed by atoms with Crippen molar-refractivity contribution in [3.8, 4) is 0 Å². The number of hydrogen-bond donors (Lipinski definition) is 1. The van der Waals surface area contributed by atoms with Crippen molar-refractivity contribution >= 4 is 38.9 Å². The number of halogens is 1. The third-order valence-corrected chi connectivity index (χ3v) is 5.31. The van der Waals surface area contributed by atoms with E-state index < -0.39 is 22.0 Å². The molecule has 0 heterocycles. The zero-order valence-electron chi connectivity index (χ0n) is 15.5. The van der Waals surface area contributed by atoms with Gasteiger partial charge in [-0.2, -0.15) is 0 Å². The van der Waals surface area contributed by atoms with Crippen molar-refractivity contribution in [3.05, 3.63) is 59.1 Å². The van der Waals surface area contributed by atoms with Crippen LogP contribution in [0.3, 0.4) is 0 Å². The second kappa shape index (κ2) is 9.21. The third kappa shape index (κ3) is 5.69. The molecule has 0 radical (unpaired) electrons. The average molecular weight is 411 g/mol. The lowest BCUT2D eigenvalue weighted by Gasteiger charge is -2.30. The van der Waals surface area contributed by atoms with Gasteiger partial charge in [-0.05, 0) is 42.3 Å². The molecule has 2 rings (SSSR count). The molecule has 1 N–H and O–H groups in total. The lowest BCUT2D eigenvalue weighted by atomic mass is 10.1. The van der Waals surface area contributed by atoms with E-state index in [1.165, 1.54) is 6.07 Å². The molecule has 0 aliphatic heterocycles. The van der Waals surface area contributed by atoms with Crippen LogP contribution in [0.2, 0.25) is 5.02 Å². The largest absolute Gasteiger partial charge is 0.380 e. The van der Waals surface area contributed by atoms with Gasteiger partial charge in [-0.3, -0.25) is 9.10 Å². The van der Waals surface area contributed by atoms with Gasteiger partial charge < -0.3 is 10.1 Å². The quantitative estimate of drug-likeness (QED) is 0.720. The Bertz CT molecular complexity index is 902. The highest BCUT2D eigenvalue weighted by atomic mass is 35.5. The highest BCUT2D eigenvalue weighted by molar-refractivity contribution is 7.92. The number of methoxy groups -OCH3 is 1. The van der Waals surface area contributed by atoms with Gasteiger partial charge in [0.2, 0.25) is 15.9 Å². The molecule has 1 amide bonds. The fraction of sp³-hybridized carbons (Fsp3) is 0.316. The Hall–Kier alpha value is -2.09. The second-order valence-corrected chi connectivity index (χ2v) is 8.38. The second-order valence-electron chi connectivity index (χ2n) is 6.09. The van der Waals surface area contributed by atoms with E-state index in [4.69, 9.17) is 16.3 Å². The Morgan fingerprint density at radius 1 is 1.22 bits per heavy atom. The van der Waals surface area contributed by atoms with Gasteiger partial charge in [-0.15, -0.1) is 0 Å². The minimum atomic E-state index is -3.71. The summed E-state index contributed by atoms with van der Waals surface area (Å²) in [5.41, 5.74) is 1.82. The van der Waals surface area contributed by atoms with Gasteiger partial charge in [0, 0.05) is 17.8 Å². The number of rotatable bonds is 8. The predicted molar refractivity (Wildman–Crippen MR) is 109 cm³/mol. The molecule has 0 aliphatic rings. The van der Waals surface area contributed by atoms with E-state index in [2.05, 4.69) is 5.32 Å². The van der Waals surface area contributed by atoms with E-state index in [1.54, 1.807) is 50.4 Å². The van der Waals surface area contributed by atoms with Crippen LogP contribution in [0.15, 0.2) is 48.5 Å². The number of carbonyl (C=O) groups excluding carboxylic acids is 1. The molecule has 0 aromatic heterocycles.